The van der Waals surface area contributed by atoms with Crippen molar-refractivity contribution in [1.29, 1.82) is 0 Å². The minimum Gasteiger partial charge on any atom is -0.396 e. The summed E-state index contributed by atoms with van der Waals surface area (Å²) in [6.45, 7) is 13.6. The van der Waals surface area contributed by atoms with Gasteiger partial charge < -0.3 is 15.3 Å². The number of rotatable bonds is 24. The number of amides is 1. The molecule has 1 amide bonds. The quantitative estimate of drug-likeness (QED) is 0.0692. The average Bonchev–Trinajstić information content (AvgIpc) is 3.13. The number of hydrogen-bond acceptors (Lipinski definition) is 6. The Morgan fingerprint density at radius 2 is 1.29 bits per heavy atom. The van der Waals surface area contributed by atoms with E-state index in [0.717, 1.165) is 55.3 Å². The number of anilines is 2. The van der Waals surface area contributed by atoms with Crippen molar-refractivity contribution in [3.63, 3.8) is 0 Å². The number of nitrogens with zero attached hydrogens (tertiary/aromatic N) is 3. The van der Waals surface area contributed by atoms with Crippen LogP contribution in [0.4, 0.5) is 17.1 Å². The van der Waals surface area contributed by atoms with Crippen molar-refractivity contribution in [2.45, 2.75) is 130 Å². The molecule has 11 heteroatoms. The van der Waals surface area contributed by atoms with Crippen molar-refractivity contribution >= 4 is 61.9 Å². The van der Waals surface area contributed by atoms with E-state index in [1.54, 1.807) is 42.4 Å². The molecule has 0 aliphatic carbocycles. The van der Waals surface area contributed by atoms with Gasteiger partial charge in [0.05, 0.1) is 20.6 Å². The van der Waals surface area contributed by atoms with Gasteiger partial charge in [-0.05, 0) is 112 Å². The molecule has 8 nitrogen and oxygen atoms in total. The van der Waals surface area contributed by atoms with Crippen LogP contribution in [0.3, 0.4) is 0 Å². The highest BCUT2D eigenvalue weighted by Gasteiger charge is 2.28. The average molecular weight is 816 g/mol. The second-order valence-corrected chi connectivity index (χ2v) is 17.6. The van der Waals surface area contributed by atoms with Gasteiger partial charge in [0.1, 0.15) is 5.71 Å². The second-order valence-electron chi connectivity index (χ2n) is 14.9. The number of aliphatic hydroxyl groups excluding tert-OH is 1. The van der Waals surface area contributed by atoms with Crippen molar-refractivity contribution in [2.24, 2.45) is 4.99 Å². The second kappa shape index (κ2) is 23.3. The molecular weight excluding hydrogens is 751 g/mol. The van der Waals surface area contributed by atoms with E-state index in [9.17, 15) is 18.3 Å². The van der Waals surface area contributed by atoms with Crippen LogP contribution in [0.5, 0.6) is 0 Å². The number of carbonyl (C=O) groups excluding carboxylic acids is 1. The van der Waals surface area contributed by atoms with Crippen molar-refractivity contribution < 1.29 is 18.3 Å². The molecule has 0 bridgehead atoms. The van der Waals surface area contributed by atoms with Crippen LogP contribution in [0.25, 0.3) is 0 Å². The van der Waals surface area contributed by atoms with Crippen LogP contribution >= 0.6 is 23.2 Å². The lowest BCUT2D eigenvalue weighted by atomic mass is 10.0. The zero-order valence-corrected chi connectivity index (χ0v) is 36.6. The van der Waals surface area contributed by atoms with Gasteiger partial charge in [-0.25, -0.2) is 13.4 Å². The third kappa shape index (κ3) is 13.9. The first kappa shape index (κ1) is 46.4. The summed E-state index contributed by atoms with van der Waals surface area (Å²) < 4.78 is 30.3. The Balaban J connectivity index is 1.96. The summed E-state index contributed by atoms with van der Waals surface area (Å²) in [5.41, 5.74) is 5.21. The summed E-state index contributed by atoms with van der Waals surface area (Å²) in [7, 11) is -1.82. The first-order chi connectivity index (χ1) is 26.2. The number of aliphatic imine (C=N–C) groups is 1. The van der Waals surface area contributed by atoms with Crippen LogP contribution in [-0.4, -0.2) is 62.7 Å². The summed E-state index contributed by atoms with van der Waals surface area (Å²) in [4.78, 5) is 21.4. The van der Waals surface area contributed by atoms with Gasteiger partial charge in [0.2, 0.25) is 10.0 Å². The molecule has 3 rings (SSSR count). The van der Waals surface area contributed by atoms with Crippen LogP contribution in [0.15, 0.2) is 52.4 Å². The fraction of sp³-hybridized carbons (Fsp3) is 0.545. The zero-order chi connectivity index (χ0) is 40.5. The third-order valence-corrected chi connectivity index (χ3v) is 12.7. The van der Waals surface area contributed by atoms with Gasteiger partial charge in [0.15, 0.2) is 0 Å². The molecule has 0 saturated heterocycles. The Morgan fingerprint density at radius 3 is 1.84 bits per heavy atom. The zero-order valence-electron chi connectivity index (χ0n) is 34.2. The molecule has 0 unspecified atom stereocenters. The molecule has 0 saturated carbocycles. The molecule has 0 spiro atoms. The first-order valence-corrected chi connectivity index (χ1v) is 22.3. The number of unbranched alkanes of at least 4 members (excludes halogenated alkanes) is 10. The molecule has 0 radical (unpaired) electrons. The van der Waals surface area contributed by atoms with E-state index in [2.05, 4.69) is 24.1 Å². The predicted molar refractivity (Wildman–Crippen MR) is 234 cm³/mol. The molecule has 0 aliphatic heterocycles. The molecule has 0 atom stereocenters. The summed E-state index contributed by atoms with van der Waals surface area (Å²) in [6, 6.07) is 12.6. The topological polar surface area (TPSA) is 102 Å². The van der Waals surface area contributed by atoms with Crippen molar-refractivity contribution in [3.8, 4) is 0 Å². The van der Waals surface area contributed by atoms with Crippen LogP contribution in [0.2, 0.25) is 10.0 Å². The Morgan fingerprint density at radius 1 is 0.727 bits per heavy atom. The number of benzene rings is 3. The normalized spacial score (nSPS) is 12.1. The van der Waals surface area contributed by atoms with Gasteiger partial charge in [-0.15, -0.1) is 0 Å². The molecule has 3 aromatic carbocycles. The number of sulfonamides is 1. The molecule has 3 aromatic rings. The molecular formula is C44H64Cl2N4O4S. The van der Waals surface area contributed by atoms with E-state index < -0.39 is 15.9 Å². The minimum atomic E-state index is -3.78. The van der Waals surface area contributed by atoms with Crippen LogP contribution in [0.1, 0.15) is 125 Å². The van der Waals surface area contributed by atoms with Gasteiger partial charge >= 0.3 is 0 Å². The largest absolute Gasteiger partial charge is 0.396 e. The maximum Gasteiger partial charge on any atom is 0.275 e. The number of aryl methyl sites for hydroxylation is 4. The molecule has 0 heterocycles. The highest BCUT2D eigenvalue weighted by Crippen LogP contribution is 2.33. The number of aliphatic hydroxyl groups is 1. The summed E-state index contributed by atoms with van der Waals surface area (Å²) in [5, 5.41) is 12.9. The Hall–Kier alpha value is -2.95. The predicted octanol–water partition coefficient (Wildman–Crippen LogP) is 11.5. The Labute approximate surface area is 341 Å². The molecule has 0 fully saturated rings. The number of hydrogen-bond donors (Lipinski definition) is 2. The van der Waals surface area contributed by atoms with Crippen LogP contribution in [-0.2, 0) is 14.8 Å². The van der Waals surface area contributed by atoms with Gasteiger partial charge in [-0.1, -0.05) is 101 Å². The van der Waals surface area contributed by atoms with Crippen LogP contribution < -0.4 is 10.2 Å². The fourth-order valence-electron chi connectivity index (χ4n) is 6.72. The number of nitrogens with one attached hydrogen (secondary N) is 1. The summed E-state index contributed by atoms with van der Waals surface area (Å²) in [6.07, 6.45) is 13.7. The third-order valence-electron chi connectivity index (χ3n) is 10.1. The Bertz CT molecular complexity index is 1810. The molecule has 0 aliphatic rings. The van der Waals surface area contributed by atoms with Gasteiger partial charge in [0.25, 0.3) is 5.91 Å². The van der Waals surface area contributed by atoms with E-state index in [-0.39, 0.29) is 17.2 Å². The molecule has 0 aromatic heterocycles. The SMILES string of the molecule is CCCCCCCCN(CCCCCCCC)S(=O)(=O)c1cc(C)c(NC(=O)C(=Nc2ccc(N(C)CCCO)cc2C)c2c(Cl)cc(C)cc2Cl)cc1C. The maximum absolute atomic E-state index is 14.3. The van der Waals surface area contributed by atoms with Crippen molar-refractivity contribution in [1.82, 2.24) is 4.31 Å². The Kier molecular flexibility index (Phi) is 19.7. The lowest BCUT2D eigenvalue weighted by molar-refractivity contribution is -0.110. The summed E-state index contributed by atoms with van der Waals surface area (Å²) >= 11 is 13.5. The van der Waals surface area contributed by atoms with Gasteiger partial charge in [-0.2, -0.15) is 4.31 Å². The van der Waals surface area contributed by atoms with Gasteiger partial charge in [0, 0.05) is 50.2 Å². The van der Waals surface area contributed by atoms with Crippen molar-refractivity contribution in [2.75, 3.05) is 43.5 Å². The smallest absolute Gasteiger partial charge is 0.275 e. The molecule has 304 valence electrons. The summed E-state index contributed by atoms with van der Waals surface area (Å²) in [5.74, 6) is -0.526. The highest BCUT2D eigenvalue weighted by atomic mass is 35.5. The lowest BCUT2D eigenvalue weighted by Crippen LogP contribution is -2.33. The van der Waals surface area contributed by atoms with E-state index in [0.29, 0.717) is 64.2 Å². The number of halogens is 2. The minimum absolute atomic E-state index is 0.0392. The van der Waals surface area contributed by atoms with E-state index in [4.69, 9.17) is 28.2 Å². The standard InChI is InChI=1S/C44H64Cl2N4O4S/c1-8-10-12-14-16-18-24-50(25-19-17-15-13-11-9-2)55(53,54)41-31-34(5)40(30-35(41)6)48-44(52)43(42-37(45)27-32(3)28-38(42)46)47-39-22-21-36(29-33(39)4)49(7)23-20-26-51/h21-22,27-31,51H,8-20,23-26H2,1-7H3,(H,48,52). The van der Waals surface area contributed by atoms with E-state index in [1.807, 2.05) is 39.1 Å². The molecule has 55 heavy (non-hydrogen) atoms. The molecule has 2 N–H and O–H groups in total. The monoisotopic (exact) mass is 814 g/mol. The number of carbonyl (C=O) groups is 1. The fourth-order valence-corrected chi connectivity index (χ4v) is 9.30. The van der Waals surface area contributed by atoms with Crippen molar-refractivity contribution in [3.05, 3.63) is 80.3 Å². The first-order valence-electron chi connectivity index (χ1n) is 20.1. The van der Waals surface area contributed by atoms with E-state index >= 15 is 0 Å². The highest BCUT2D eigenvalue weighted by molar-refractivity contribution is 7.89. The maximum atomic E-state index is 14.3. The van der Waals surface area contributed by atoms with Gasteiger partial charge in [-0.3, -0.25) is 4.79 Å². The lowest BCUT2D eigenvalue weighted by Gasteiger charge is -2.24. The van der Waals surface area contributed by atoms with E-state index in [1.165, 1.54) is 38.5 Å². The van der Waals surface area contributed by atoms with Crippen LogP contribution in [0, 0.1) is 27.7 Å².